The van der Waals surface area contributed by atoms with Gasteiger partial charge in [-0.2, -0.15) is 0 Å². The normalized spacial score (nSPS) is 11.7. The second kappa shape index (κ2) is 4.47. The molecular formula is C12H12O. The Balaban J connectivity index is 2.80. The standard InChI is InChI=1S/C12H12O/c1-3-11(9-10(2)13)12-7-5-4-6-8-12/h1,4-8,11H,9H2,2H3. The van der Waals surface area contributed by atoms with Gasteiger partial charge in [0.25, 0.3) is 0 Å². The average molecular weight is 172 g/mol. The van der Waals surface area contributed by atoms with E-state index in [1.54, 1.807) is 6.92 Å². The molecule has 13 heavy (non-hydrogen) atoms. The Labute approximate surface area is 78.8 Å². The van der Waals surface area contributed by atoms with E-state index in [-0.39, 0.29) is 11.7 Å². The Kier molecular flexibility index (Phi) is 3.28. The molecule has 0 aliphatic carbocycles. The molecule has 0 saturated heterocycles. The van der Waals surface area contributed by atoms with Crippen molar-refractivity contribution in [2.75, 3.05) is 0 Å². The van der Waals surface area contributed by atoms with Gasteiger partial charge in [0.2, 0.25) is 0 Å². The number of hydrogen-bond donors (Lipinski definition) is 0. The molecule has 0 heterocycles. The molecule has 0 saturated carbocycles. The van der Waals surface area contributed by atoms with E-state index < -0.39 is 0 Å². The summed E-state index contributed by atoms with van der Waals surface area (Å²) >= 11 is 0. The first-order valence-electron chi connectivity index (χ1n) is 4.24. The second-order valence-corrected chi connectivity index (χ2v) is 3.04. The molecule has 1 nitrogen and oxygen atoms in total. The van der Waals surface area contributed by atoms with Gasteiger partial charge in [0.05, 0.1) is 5.92 Å². The summed E-state index contributed by atoms with van der Waals surface area (Å²) < 4.78 is 0. The molecule has 1 rings (SSSR count). The van der Waals surface area contributed by atoms with E-state index in [4.69, 9.17) is 6.42 Å². The first-order chi connectivity index (χ1) is 6.24. The van der Waals surface area contributed by atoms with Crippen LogP contribution in [0.1, 0.15) is 24.8 Å². The van der Waals surface area contributed by atoms with Crippen LogP contribution in [0.15, 0.2) is 30.3 Å². The maximum Gasteiger partial charge on any atom is 0.131 e. The Morgan fingerprint density at radius 1 is 1.46 bits per heavy atom. The van der Waals surface area contributed by atoms with E-state index in [9.17, 15) is 4.79 Å². The third kappa shape index (κ3) is 2.76. The monoisotopic (exact) mass is 172 g/mol. The zero-order valence-electron chi connectivity index (χ0n) is 7.66. The van der Waals surface area contributed by atoms with E-state index >= 15 is 0 Å². The van der Waals surface area contributed by atoms with Crippen LogP contribution in [0.4, 0.5) is 0 Å². The van der Waals surface area contributed by atoms with Crippen LogP contribution < -0.4 is 0 Å². The lowest BCUT2D eigenvalue weighted by Gasteiger charge is -2.07. The molecule has 0 amide bonds. The van der Waals surface area contributed by atoms with E-state index in [1.165, 1.54) is 0 Å². The van der Waals surface area contributed by atoms with Crippen LogP contribution in [0.5, 0.6) is 0 Å². The number of carbonyl (C=O) groups excluding carboxylic acids is 1. The highest BCUT2D eigenvalue weighted by Crippen LogP contribution is 2.18. The van der Waals surface area contributed by atoms with Crippen molar-refractivity contribution >= 4 is 5.78 Å². The molecule has 1 atom stereocenters. The smallest absolute Gasteiger partial charge is 0.131 e. The van der Waals surface area contributed by atoms with Gasteiger partial charge < -0.3 is 0 Å². The van der Waals surface area contributed by atoms with Crippen LogP contribution in [0.3, 0.4) is 0 Å². The molecule has 0 N–H and O–H groups in total. The first kappa shape index (κ1) is 9.54. The maximum atomic E-state index is 10.9. The van der Waals surface area contributed by atoms with Gasteiger partial charge in [0.1, 0.15) is 5.78 Å². The third-order valence-electron chi connectivity index (χ3n) is 1.89. The number of rotatable bonds is 3. The lowest BCUT2D eigenvalue weighted by molar-refractivity contribution is -0.117. The highest BCUT2D eigenvalue weighted by Gasteiger charge is 2.09. The van der Waals surface area contributed by atoms with Gasteiger partial charge in [-0.05, 0) is 12.5 Å². The minimum Gasteiger partial charge on any atom is -0.300 e. The molecule has 0 fully saturated rings. The van der Waals surface area contributed by atoms with E-state index in [0.29, 0.717) is 6.42 Å². The SMILES string of the molecule is C#CC(CC(C)=O)c1ccccc1. The summed E-state index contributed by atoms with van der Waals surface area (Å²) in [5, 5.41) is 0. The predicted octanol–water partition coefficient (Wildman–Crippen LogP) is 2.38. The number of ketones is 1. The fourth-order valence-electron chi connectivity index (χ4n) is 1.25. The molecule has 0 aromatic heterocycles. The Morgan fingerprint density at radius 3 is 2.54 bits per heavy atom. The molecule has 0 radical (unpaired) electrons. The fourth-order valence-corrected chi connectivity index (χ4v) is 1.25. The van der Waals surface area contributed by atoms with Gasteiger partial charge in [0, 0.05) is 6.42 Å². The molecular weight excluding hydrogens is 160 g/mol. The summed E-state index contributed by atoms with van der Waals surface area (Å²) in [5.74, 6) is 2.69. The number of terminal acetylenes is 1. The topological polar surface area (TPSA) is 17.1 Å². The Bertz CT molecular complexity index is 319. The van der Waals surface area contributed by atoms with Crippen molar-refractivity contribution in [1.29, 1.82) is 0 Å². The molecule has 0 spiro atoms. The molecule has 1 aromatic rings. The van der Waals surface area contributed by atoms with Gasteiger partial charge in [0.15, 0.2) is 0 Å². The number of Topliss-reactive ketones (excluding diaryl/α,β-unsaturated/α-hetero) is 1. The van der Waals surface area contributed by atoms with Gasteiger partial charge in [-0.15, -0.1) is 6.42 Å². The highest BCUT2D eigenvalue weighted by atomic mass is 16.1. The van der Waals surface area contributed by atoms with Crippen molar-refractivity contribution in [1.82, 2.24) is 0 Å². The summed E-state index contributed by atoms with van der Waals surface area (Å²) in [4.78, 5) is 10.9. The van der Waals surface area contributed by atoms with Gasteiger partial charge in [-0.1, -0.05) is 36.3 Å². The molecule has 0 aliphatic rings. The molecule has 66 valence electrons. The third-order valence-corrected chi connectivity index (χ3v) is 1.89. The molecule has 1 unspecified atom stereocenters. The zero-order valence-corrected chi connectivity index (χ0v) is 7.66. The maximum absolute atomic E-state index is 10.9. The van der Waals surface area contributed by atoms with Crippen molar-refractivity contribution in [2.45, 2.75) is 19.3 Å². The minimum atomic E-state index is -0.0706. The zero-order chi connectivity index (χ0) is 9.68. The van der Waals surface area contributed by atoms with Gasteiger partial charge >= 0.3 is 0 Å². The van der Waals surface area contributed by atoms with Crippen LogP contribution >= 0.6 is 0 Å². The number of hydrogen-bond acceptors (Lipinski definition) is 1. The highest BCUT2D eigenvalue weighted by molar-refractivity contribution is 5.77. The Morgan fingerprint density at radius 2 is 2.08 bits per heavy atom. The van der Waals surface area contributed by atoms with Crippen molar-refractivity contribution in [3.05, 3.63) is 35.9 Å². The van der Waals surface area contributed by atoms with E-state index in [1.807, 2.05) is 30.3 Å². The summed E-state index contributed by atoms with van der Waals surface area (Å²) in [5.41, 5.74) is 1.04. The summed E-state index contributed by atoms with van der Waals surface area (Å²) in [7, 11) is 0. The lowest BCUT2D eigenvalue weighted by Crippen LogP contribution is -2.01. The average Bonchev–Trinajstić information content (AvgIpc) is 2.15. The van der Waals surface area contributed by atoms with Crippen molar-refractivity contribution in [3.63, 3.8) is 0 Å². The molecule has 1 heteroatoms. The van der Waals surface area contributed by atoms with E-state index in [0.717, 1.165) is 5.56 Å². The van der Waals surface area contributed by atoms with Crippen molar-refractivity contribution in [3.8, 4) is 12.3 Å². The Hall–Kier alpha value is -1.55. The van der Waals surface area contributed by atoms with Crippen LogP contribution in [-0.4, -0.2) is 5.78 Å². The van der Waals surface area contributed by atoms with Crippen LogP contribution in [0.2, 0.25) is 0 Å². The summed E-state index contributed by atoms with van der Waals surface area (Å²) in [6.45, 7) is 1.56. The van der Waals surface area contributed by atoms with Crippen molar-refractivity contribution in [2.24, 2.45) is 0 Å². The van der Waals surface area contributed by atoms with Gasteiger partial charge in [-0.3, -0.25) is 4.79 Å². The molecule has 1 aromatic carbocycles. The van der Waals surface area contributed by atoms with Crippen LogP contribution in [0.25, 0.3) is 0 Å². The molecule has 0 bridgehead atoms. The second-order valence-electron chi connectivity index (χ2n) is 3.04. The molecule has 0 aliphatic heterocycles. The van der Waals surface area contributed by atoms with Gasteiger partial charge in [-0.25, -0.2) is 0 Å². The summed E-state index contributed by atoms with van der Waals surface area (Å²) in [6.07, 6.45) is 5.78. The van der Waals surface area contributed by atoms with E-state index in [2.05, 4.69) is 5.92 Å². The number of carbonyl (C=O) groups is 1. The lowest BCUT2D eigenvalue weighted by atomic mass is 9.95. The quantitative estimate of drug-likeness (QED) is 0.640. The largest absolute Gasteiger partial charge is 0.300 e. The minimum absolute atomic E-state index is 0.0706. The first-order valence-corrected chi connectivity index (χ1v) is 4.24. The van der Waals surface area contributed by atoms with Crippen LogP contribution in [-0.2, 0) is 4.79 Å². The summed E-state index contributed by atoms with van der Waals surface area (Å²) in [6, 6.07) is 9.70. The van der Waals surface area contributed by atoms with Crippen molar-refractivity contribution < 1.29 is 4.79 Å². The predicted molar refractivity (Wildman–Crippen MR) is 53.3 cm³/mol. The van der Waals surface area contributed by atoms with Crippen LogP contribution in [0, 0.1) is 12.3 Å². The number of benzene rings is 1. The fraction of sp³-hybridized carbons (Fsp3) is 0.250.